The van der Waals surface area contributed by atoms with Gasteiger partial charge in [0.2, 0.25) is 0 Å². The number of pyridine rings is 1. The molecule has 19 heavy (non-hydrogen) atoms. The lowest BCUT2D eigenvalue weighted by Crippen LogP contribution is -2.21. The van der Waals surface area contributed by atoms with Gasteiger partial charge in [0.25, 0.3) is 6.43 Å². The van der Waals surface area contributed by atoms with E-state index in [9.17, 15) is 22.0 Å². The standard InChI is InChI=1S/C10H8F5N3O/c11-9(12)7-5(1-2-16)4-18-6(3-17)8(7)19-10(13,14)15/h4,9H,1,3,17H2. The molecule has 0 saturated heterocycles. The minimum Gasteiger partial charge on any atom is -0.403 e. The Kier molecular flexibility index (Phi) is 4.61. The molecule has 0 atom stereocenters. The molecular weight excluding hydrogens is 273 g/mol. The van der Waals surface area contributed by atoms with Crippen molar-refractivity contribution >= 4 is 0 Å². The molecule has 0 aliphatic carbocycles. The first-order valence-electron chi connectivity index (χ1n) is 4.91. The lowest BCUT2D eigenvalue weighted by molar-refractivity contribution is -0.275. The normalized spacial score (nSPS) is 11.5. The average molecular weight is 281 g/mol. The summed E-state index contributed by atoms with van der Waals surface area (Å²) in [5.74, 6) is -1.13. The van der Waals surface area contributed by atoms with Crippen LogP contribution in [0.1, 0.15) is 23.2 Å². The summed E-state index contributed by atoms with van der Waals surface area (Å²) in [6.07, 6.45) is -8.00. The smallest absolute Gasteiger partial charge is 0.403 e. The Bertz CT molecular complexity index is 495. The van der Waals surface area contributed by atoms with Crippen LogP contribution in [-0.2, 0) is 13.0 Å². The van der Waals surface area contributed by atoms with Gasteiger partial charge in [-0.15, -0.1) is 13.2 Å². The van der Waals surface area contributed by atoms with Gasteiger partial charge in [0, 0.05) is 12.7 Å². The zero-order valence-electron chi connectivity index (χ0n) is 9.34. The van der Waals surface area contributed by atoms with E-state index in [4.69, 9.17) is 11.0 Å². The molecule has 0 fully saturated rings. The van der Waals surface area contributed by atoms with Crippen LogP contribution in [0, 0.1) is 11.3 Å². The van der Waals surface area contributed by atoms with Crippen LogP contribution in [0.5, 0.6) is 5.75 Å². The lowest BCUT2D eigenvalue weighted by Gasteiger charge is -2.17. The van der Waals surface area contributed by atoms with Gasteiger partial charge < -0.3 is 10.5 Å². The fourth-order valence-corrected chi connectivity index (χ4v) is 1.43. The summed E-state index contributed by atoms with van der Waals surface area (Å²) in [4.78, 5) is 3.51. The molecule has 0 spiro atoms. The monoisotopic (exact) mass is 281 g/mol. The maximum absolute atomic E-state index is 12.9. The van der Waals surface area contributed by atoms with Crippen molar-refractivity contribution in [1.29, 1.82) is 5.26 Å². The summed E-state index contributed by atoms with van der Waals surface area (Å²) < 4.78 is 66.0. The van der Waals surface area contributed by atoms with Crippen LogP contribution in [-0.4, -0.2) is 11.3 Å². The van der Waals surface area contributed by atoms with Gasteiger partial charge in [-0.2, -0.15) is 5.26 Å². The highest BCUT2D eigenvalue weighted by Gasteiger charge is 2.35. The Balaban J connectivity index is 3.44. The summed E-state index contributed by atoms with van der Waals surface area (Å²) >= 11 is 0. The van der Waals surface area contributed by atoms with Crippen LogP contribution >= 0.6 is 0 Å². The van der Waals surface area contributed by atoms with E-state index >= 15 is 0 Å². The van der Waals surface area contributed by atoms with Crippen LogP contribution in [0.4, 0.5) is 22.0 Å². The minimum atomic E-state index is -5.15. The molecule has 1 aromatic heterocycles. The molecule has 1 heterocycles. The third kappa shape index (κ3) is 3.75. The van der Waals surface area contributed by atoms with Crippen LogP contribution in [0.25, 0.3) is 0 Å². The number of halogens is 5. The first kappa shape index (κ1) is 15.1. The van der Waals surface area contributed by atoms with Gasteiger partial charge in [0.1, 0.15) is 0 Å². The molecule has 0 unspecified atom stereocenters. The molecule has 0 saturated carbocycles. The molecule has 2 N–H and O–H groups in total. The highest BCUT2D eigenvalue weighted by atomic mass is 19.4. The molecule has 1 rings (SSSR count). The Morgan fingerprint density at radius 3 is 2.47 bits per heavy atom. The zero-order chi connectivity index (χ0) is 14.6. The first-order chi connectivity index (χ1) is 8.80. The van der Waals surface area contributed by atoms with Gasteiger partial charge in [0.05, 0.1) is 23.7 Å². The predicted octanol–water partition coefficient (Wildman–Crippen LogP) is 2.44. The number of ether oxygens (including phenoxy) is 1. The van der Waals surface area contributed by atoms with Crippen molar-refractivity contribution in [3.63, 3.8) is 0 Å². The molecule has 0 aromatic carbocycles. The number of nitrogens with two attached hydrogens (primary N) is 1. The number of nitrogens with zero attached hydrogens (tertiary/aromatic N) is 2. The van der Waals surface area contributed by atoms with Crippen molar-refractivity contribution in [2.24, 2.45) is 5.73 Å². The number of rotatable bonds is 4. The molecular formula is C10H8F5N3O. The van der Waals surface area contributed by atoms with E-state index < -0.39 is 42.8 Å². The molecule has 4 nitrogen and oxygen atoms in total. The van der Waals surface area contributed by atoms with Crippen molar-refractivity contribution in [2.45, 2.75) is 25.8 Å². The van der Waals surface area contributed by atoms with Crippen molar-refractivity contribution in [3.8, 4) is 11.8 Å². The summed E-state index contributed by atoms with van der Waals surface area (Å²) in [5, 5.41) is 8.47. The van der Waals surface area contributed by atoms with Gasteiger partial charge in [-0.1, -0.05) is 0 Å². The van der Waals surface area contributed by atoms with E-state index in [1.165, 1.54) is 0 Å². The van der Waals surface area contributed by atoms with Crippen LogP contribution in [0.3, 0.4) is 0 Å². The zero-order valence-corrected chi connectivity index (χ0v) is 9.34. The second kappa shape index (κ2) is 5.79. The second-order valence-electron chi connectivity index (χ2n) is 3.36. The van der Waals surface area contributed by atoms with Gasteiger partial charge in [-0.25, -0.2) is 8.78 Å². The van der Waals surface area contributed by atoms with Gasteiger partial charge >= 0.3 is 6.36 Å². The van der Waals surface area contributed by atoms with Gasteiger partial charge in [-0.3, -0.25) is 4.98 Å². The highest BCUT2D eigenvalue weighted by molar-refractivity contribution is 5.44. The van der Waals surface area contributed by atoms with E-state index in [0.717, 1.165) is 6.20 Å². The van der Waals surface area contributed by atoms with E-state index in [0.29, 0.717) is 0 Å². The Hall–Kier alpha value is -1.95. The molecule has 104 valence electrons. The highest BCUT2D eigenvalue weighted by Crippen LogP contribution is 2.37. The fraction of sp³-hybridized carbons (Fsp3) is 0.400. The predicted molar refractivity (Wildman–Crippen MR) is 53.1 cm³/mol. The Labute approximate surface area is 104 Å². The SMILES string of the molecule is N#CCc1cnc(CN)c(OC(F)(F)F)c1C(F)F. The Morgan fingerprint density at radius 1 is 1.42 bits per heavy atom. The van der Waals surface area contributed by atoms with Gasteiger partial charge in [0.15, 0.2) is 5.75 Å². The first-order valence-corrected chi connectivity index (χ1v) is 4.91. The molecule has 0 bridgehead atoms. The number of alkyl halides is 5. The third-order valence-corrected chi connectivity index (χ3v) is 2.13. The molecule has 0 aliphatic heterocycles. The maximum atomic E-state index is 12.9. The number of aromatic nitrogens is 1. The maximum Gasteiger partial charge on any atom is 0.573 e. The molecule has 1 aromatic rings. The lowest BCUT2D eigenvalue weighted by atomic mass is 10.1. The van der Waals surface area contributed by atoms with Gasteiger partial charge in [-0.05, 0) is 5.56 Å². The van der Waals surface area contributed by atoms with E-state index in [-0.39, 0.29) is 5.56 Å². The molecule has 9 heteroatoms. The second-order valence-corrected chi connectivity index (χ2v) is 3.36. The van der Waals surface area contributed by atoms with Crippen LogP contribution in [0.2, 0.25) is 0 Å². The number of hydrogen-bond donors (Lipinski definition) is 1. The van der Waals surface area contributed by atoms with E-state index in [1.807, 2.05) is 0 Å². The Morgan fingerprint density at radius 2 is 2.05 bits per heavy atom. The summed E-state index contributed by atoms with van der Waals surface area (Å²) in [6.45, 7) is -0.502. The summed E-state index contributed by atoms with van der Waals surface area (Å²) in [5.41, 5.74) is 3.36. The number of nitriles is 1. The molecule has 0 amide bonds. The van der Waals surface area contributed by atoms with Crippen molar-refractivity contribution in [3.05, 3.63) is 23.0 Å². The molecule has 0 radical (unpaired) electrons. The van der Waals surface area contributed by atoms with Crippen molar-refractivity contribution in [2.75, 3.05) is 0 Å². The minimum absolute atomic E-state index is 0.325. The summed E-state index contributed by atoms with van der Waals surface area (Å²) in [6, 6.07) is 1.57. The van der Waals surface area contributed by atoms with Crippen LogP contribution < -0.4 is 10.5 Å². The van der Waals surface area contributed by atoms with E-state index in [2.05, 4.69) is 9.72 Å². The van der Waals surface area contributed by atoms with Crippen molar-refractivity contribution < 1.29 is 26.7 Å². The third-order valence-electron chi connectivity index (χ3n) is 2.13. The van der Waals surface area contributed by atoms with Crippen LogP contribution in [0.15, 0.2) is 6.20 Å². The summed E-state index contributed by atoms with van der Waals surface area (Å²) in [7, 11) is 0. The van der Waals surface area contributed by atoms with E-state index in [1.54, 1.807) is 6.07 Å². The topological polar surface area (TPSA) is 71.9 Å². The average Bonchev–Trinajstić information content (AvgIpc) is 2.27. The largest absolute Gasteiger partial charge is 0.573 e. The molecule has 0 aliphatic rings. The fourth-order valence-electron chi connectivity index (χ4n) is 1.43. The number of hydrogen-bond acceptors (Lipinski definition) is 4. The van der Waals surface area contributed by atoms with Crippen molar-refractivity contribution in [1.82, 2.24) is 4.98 Å². The quantitative estimate of drug-likeness (QED) is 0.860.